The molecule has 7 nitrogen and oxygen atoms in total. The Morgan fingerprint density at radius 1 is 1.07 bits per heavy atom. The maximum absolute atomic E-state index is 12.6. The molecule has 1 heterocycles. The predicted octanol–water partition coefficient (Wildman–Crippen LogP) is 1.85. The lowest BCUT2D eigenvalue weighted by Gasteiger charge is -2.17. The second-order valence-electron chi connectivity index (χ2n) is 6.15. The van der Waals surface area contributed by atoms with Crippen LogP contribution in [-0.4, -0.2) is 52.0 Å². The highest BCUT2D eigenvalue weighted by Gasteiger charge is 2.09. The standard InChI is InChI=1S/C20H23N5O2/c1-3-24(4-2)14-13-21-19(26)15-9-11-16(12-10-15)25-20(27)17-7-5-6-8-18(17)22-23-25/h5-12H,3-4,13-14H2,1-2H3,(H,21,26). The van der Waals surface area contributed by atoms with Crippen LogP contribution in [0.5, 0.6) is 0 Å². The van der Waals surface area contributed by atoms with Crippen molar-refractivity contribution in [3.8, 4) is 5.69 Å². The number of carbonyl (C=O) groups is 1. The van der Waals surface area contributed by atoms with Gasteiger partial charge in [-0.3, -0.25) is 9.59 Å². The van der Waals surface area contributed by atoms with Crippen molar-refractivity contribution in [1.82, 2.24) is 25.2 Å². The Morgan fingerprint density at radius 2 is 1.78 bits per heavy atom. The van der Waals surface area contributed by atoms with Crippen molar-refractivity contribution in [1.29, 1.82) is 0 Å². The molecule has 1 aromatic heterocycles. The molecule has 3 aromatic rings. The summed E-state index contributed by atoms with van der Waals surface area (Å²) in [6.45, 7) is 7.53. The summed E-state index contributed by atoms with van der Waals surface area (Å²) in [5, 5.41) is 11.5. The van der Waals surface area contributed by atoms with Gasteiger partial charge in [0, 0.05) is 18.7 Å². The van der Waals surface area contributed by atoms with Crippen LogP contribution in [-0.2, 0) is 0 Å². The van der Waals surface area contributed by atoms with Gasteiger partial charge >= 0.3 is 0 Å². The highest BCUT2D eigenvalue weighted by Crippen LogP contribution is 2.09. The van der Waals surface area contributed by atoms with Crippen LogP contribution < -0.4 is 10.9 Å². The van der Waals surface area contributed by atoms with Crippen molar-refractivity contribution in [2.75, 3.05) is 26.2 Å². The number of hydrogen-bond acceptors (Lipinski definition) is 5. The topological polar surface area (TPSA) is 80.1 Å². The van der Waals surface area contributed by atoms with Gasteiger partial charge in [-0.05, 0) is 49.5 Å². The minimum absolute atomic E-state index is 0.134. The van der Waals surface area contributed by atoms with Gasteiger partial charge in [-0.25, -0.2) is 0 Å². The Balaban J connectivity index is 1.73. The molecular weight excluding hydrogens is 342 g/mol. The molecule has 0 radical (unpaired) electrons. The van der Waals surface area contributed by atoms with E-state index in [1.54, 1.807) is 42.5 Å². The number of hydrogen-bond donors (Lipinski definition) is 1. The van der Waals surface area contributed by atoms with E-state index in [0.29, 0.717) is 28.7 Å². The number of aromatic nitrogens is 3. The second kappa shape index (κ2) is 8.55. The van der Waals surface area contributed by atoms with Gasteiger partial charge in [0.05, 0.1) is 11.1 Å². The molecule has 1 N–H and O–H groups in total. The molecule has 3 rings (SSSR count). The van der Waals surface area contributed by atoms with Crippen LogP contribution >= 0.6 is 0 Å². The number of rotatable bonds is 7. The average molecular weight is 365 g/mol. The molecule has 0 aliphatic carbocycles. The van der Waals surface area contributed by atoms with Gasteiger partial charge in [-0.2, -0.15) is 4.68 Å². The van der Waals surface area contributed by atoms with Crippen LogP contribution in [0.1, 0.15) is 24.2 Å². The summed E-state index contributed by atoms with van der Waals surface area (Å²) < 4.78 is 1.24. The molecule has 0 spiro atoms. The second-order valence-corrected chi connectivity index (χ2v) is 6.15. The molecule has 0 aliphatic rings. The van der Waals surface area contributed by atoms with Crippen molar-refractivity contribution in [3.05, 3.63) is 64.4 Å². The first-order valence-corrected chi connectivity index (χ1v) is 9.09. The molecule has 0 unspecified atom stereocenters. The summed E-state index contributed by atoms with van der Waals surface area (Å²) in [6, 6.07) is 13.8. The lowest BCUT2D eigenvalue weighted by Crippen LogP contribution is -2.34. The van der Waals surface area contributed by atoms with Crippen molar-refractivity contribution in [2.45, 2.75) is 13.8 Å². The van der Waals surface area contributed by atoms with E-state index in [9.17, 15) is 9.59 Å². The number of likely N-dealkylation sites (N-methyl/N-ethyl adjacent to an activating group) is 1. The Morgan fingerprint density at radius 3 is 2.48 bits per heavy atom. The number of nitrogens with one attached hydrogen (secondary N) is 1. The molecule has 0 saturated heterocycles. The van der Waals surface area contributed by atoms with Crippen LogP contribution in [0.25, 0.3) is 16.6 Å². The van der Waals surface area contributed by atoms with E-state index < -0.39 is 0 Å². The molecule has 1 amide bonds. The van der Waals surface area contributed by atoms with Gasteiger partial charge in [0.15, 0.2) is 0 Å². The molecule has 0 aliphatic heterocycles. The number of carbonyl (C=O) groups excluding carboxylic acids is 1. The molecule has 0 atom stereocenters. The number of amides is 1. The summed E-state index contributed by atoms with van der Waals surface area (Å²) >= 11 is 0. The SMILES string of the molecule is CCN(CC)CCNC(=O)c1ccc(-n2nnc3ccccc3c2=O)cc1. The highest BCUT2D eigenvalue weighted by atomic mass is 16.1. The van der Waals surface area contributed by atoms with E-state index in [-0.39, 0.29) is 11.5 Å². The molecular formula is C20H23N5O2. The smallest absolute Gasteiger partial charge is 0.282 e. The van der Waals surface area contributed by atoms with E-state index in [1.165, 1.54) is 4.68 Å². The van der Waals surface area contributed by atoms with Crippen molar-refractivity contribution in [2.24, 2.45) is 0 Å². The lowest BCUT2D eigenvalue weighted by atomic mass is 10.2. The zero-order valence-corrected chi connectivity index (χ0v) is 15.6. The maximum atomic E-state index is 12.6. The van der Waals surface area contributed by atoms with E-state index >= 15 is 0 Å². The first-order valence-electron chi connectivity index (χ1n) is 9.09. The highest BCUT2D eigenvalue weighted by molar-refractivity contribution is 5.94. The Bertz CT molecular complexity index is 978. The third-order valence-corrected chi connectivity index (χ3v) is 4.55. The normalized spacial score (nSPS) is 11.1. The molecule has 2 aromatic carbocycles. The number of benzene rings is 2. The first-order chi connectivity index (χ1) is 13.1. The molecule has 27 heavy (non-hydrogen) atoms. The minimum Gasteiger partial charge on any atom is -0.351 e. The van der Waals surface area contributed by atoms with Crippen molar-refractivity contribution < 1.29 is 4.79 Å². The minimum atomic E-state index is -0.239. The van der Waals surface area contributed by atoms with Gasteiger partial charge in [0.25, 0.3) is 11.5 Å². The van der Waals surface area contributed by atoms with Crippen molar-refractivity contribution in [3.63, 3.8) is 0 Å². The van der Waals surface area contributed by atoms with Crippen LogP contribution in [0, 0.1) is 0 Å². The Labute approximate surface area is 157 Å². The van der Waals surface area contributed by atoms with E-state index in [1.807, 2.05) is 6.07 Å². The van der Waals surface area contributed by atoms with Gasteiger partial charge in [-0.1, -0.05) is 31.2 Å². The summed E-state index contributed by atoms with van der Waals surface area (Å²) in [5.74, 6) is -0.134. The van der Waals surface area contributed by atoms with Gasteiger partial charge in [-0.15, -0.1) is 5.10 Å². The lowest BCUT2D eigenvalue weighted by molar-refractivity contribution is 0.0949. The first kappa shape index (κ1) is 18.7. The number of nitrogens with zero attached hydrogens (tertiary/aromatic N) is 4. The van der Waals surface area contributed by atoms with Crippen LogP contribution in [0.3, 0.4) is 0 Å². The van der Waals surface area contributed by atoms with Gasteiger partial charge < -0.3 is 10.2 Å². The number of fused-ring (bicyclic) bond motifs is 1. The molecule has 140 valence electrons. The Kier molecular flexibility index (Phi) is 5.93. The fourth-order valence-electron chi connectivity index (χ4n) is 2.88. The molecule has 0 saturated carbocycles. The molecule has 7 heteroatoms. The quantitative estimate of drug-likeness (QED) is 0.691. The average Bonchev–Trinajstić information content (AvgIpc) is 2.72. The summed E-state index contributed by atoms with van der Waals surface area (Å²) in [7, 11) is 0. The summed E-state index contributed by atoms with van der Waals surface area (Å²) in [4.78, 5) is 27.1. The predicted molar refractivity (Wildman–Crippen MR) is 105 cm³/mol. The monoisotopic (exact) mass is 365 g/mol. The maximum Gasteiger partial charge on any atom is 0.282 e. The van der Waals surface area contributed by atoms with Gasteiger partial charge in [0.2, 0.25) is 0 Å². The van der Waals surface area contributed by atoms with Crippen molar-refractivity contribution >= 4 is 16.8 Å². The van der Waals surface area contributed by atoms with E-state index in [4.69, 9.17) is 0 Å². The zero-order chi connectivity index (χ0) is 19.2. The van der Waals surface area contributed by atoms with Crippen LogP contribution in [0.15, 0.2) is 53.3 Å². The fraction of sp³-hybridized carbons (Fsp3) is 0.300. The van der Waals surface area contributed by atoms with Gasteiger partial charge in [0.1, 0.15) is 5.52 Å². The van der Waals surface area contributed by atoms with E-state index in [0.717, 1.165) is 19.6 Å². The third-order valence-electron chi connectivity index (χ3n) is 4.55. The molecule has 0 bridgehead atoms. The Hall–Kier alpha value is -3.06. The van der Waals surface area contributed by atoms with Crippen LogP contribution in [0.4, 0.5) is 0 Å². The third kappa shape index (κ3) is 4.20. The fourth-order valence-corrected chi connectivity index (χ4v) is 2.88. The summed E-state index contributed by atoms with van der Waals surface area (Å²) in [5.41, 5.74) is 1.43. The summed E-state index contributed by atoms with van der Waals surface area (Å²) in [6.07, 6.45) is 0. The largest absolute Gasteiger partial charge is 0.351 e. The molecule has 0 fully saturated rings. The zero-order valence-electron chi connectivity index (χ0n) is 15.6. The van der Waals surface area contributed by atoms with Crippen LogP contribution in [0.2, 0.25) is 0 Å². The van der Waals surface area contributed by atoms with E-state index in [2.05, 4.69) is 34.4 Å².